The second-order valence-electron chi connectivity index (χ2n) is 5.19. The summed E-state index contributed by atoms with van der Waals surface area (Å²) in [4.78, 5) is 16.4. The van der Waals surface area contributed by atoms with Gasteiger partial charge in [-0.2, -0.15) is 5.10 Å². The minimum Gasteiger partial charge on any atom is -0.378 e. The third-order valence-electron chi connectivity index (χ3n) is 3.47. The van der Waals surface area contributed by atoms with Gasteiger partial charge in [-0.25, -0.2) is 18.3 Å². The highest BCUT2D eigenvalue weighted by Crippen LogP contribution is 2.37. The van der Waals surface area contributed by atoms with Crippen LogP contribution >= 0.6 is 15.9 Å². The molecule has 0 atom stereocenters. The highest BCUT2D eigenvalue weighted by molar-refractivity contribution is 9.10. The molecule has 0 aromatic carbocycles. The van der Waals surface area contributed by atoms with Crippen molar-refractivity contribution >= 4 is 27.5 Å². The number of alkyl halides is 2. The van der Waals surface area contributed by atoms with Gasteiger partial charge in [0.15, 0.2) is 5.65 Å². The van der Waals surface area contributed by atoms with E-state index in [4.69, 9.17) is 4.74 Å². The molecule has 22 heavy (non-hydrogen) atoms. The van der Waals surface area contributed by atoms with Gasteiger partial charge in [-0.15, -0.1) is 0 Å². The number of carbonyl (C=O) groups is 1. The molecule has 0 bridgehead atoms. The average Bonchev–Trinajstić information content (AvgIpc) is 2.74. The summed E-state index contributed by atoms with van der Waals surface area (Å²) in [7, 11) is 1.54. The number of hydrogen-bond acceptors (Lipinski definition) is 4. The van der Waals surface area contributed by atoms with Crippen LogP contribution in [0.15, 0.2) is 16.7 Å². The van der Waals surface area contributed by atoms with Crippen LogP contribution in [0.1, 0.15) is 29.0 Å². The second-order valence-corrected chi connectivity index (χ2v) is 5.99. The molecule has 2 heterocycles. The van der Waals surface area contributed by atoms with E-state index in [0.29, 0.717) is 15.8 Å². The predicted molar refractivity (Wildman–Crippen MR) is 76.8 cm³/mol. The molecule has 1 amide bonds. The van der Waals surface area contributed by atoms with Crippen LogP contribution < -0.4 is 5.32 Å². The number of amides is 1. The minimum absolute atomic E-state index is 0.239. The number of hydrogen-bond donors (Lipinski definition) is 1. The molecule has 0 aliphatic heterocycles. The number of aromatic nitrogens is 3. The SMILES string of the molecule is COCc1nn2c(C(=O)NC3CC(F)(F)C3)ccnc2c1Br. The summed E-state index contributed by atoms with van der Waals surface area (Å²) < 4.78 is 32.7. The van der Waals surface area contributed by atoms with E-state index in [1.54, 1.807) is 0 Å². The molecule has 118 valence electrons. The van der Waals surface area contributed by atoms with Crippen molar-refractivity contribution in [2.45, 2.75) is 31.4 Å². The van der Waals surface area contributed by atoms with Crippen LogP contribution in [-0.4, -0.2) is 39.6 Å². The van der Waals surface area contributed by atoms with E-state index in [1.165, 1.54) is 23.9 Å². The zero-order valence-corrected chi connectivity index (χ0v) is 13.2. The van der Waals surface area contributed by atoms with Crippen molar-refractivity contribution < 1.29 is 18.3 Å². The van der Waals surface area contributed by atoms with Crippen molar-refractivity contribution in [1.29, 1.82) is 0 Å². The number of ether oxygens (including phenoxy) is 1. The molecule has 3 rings (SSSR count). The van der Waals surface area contributed by atoms with Gasteiger partial charge in [0.2, 0.25) is 0 Å². The van der Waals surface area contributed by atoms with Crippen LogP contribution in [0.4, 0.5) is 8.78 Å². The Labute approximate surface area is 133 Å². The molecule has 1 N–H and O–H groups in total. The van der Waals surface area contributed by atoms with Crippen molar-refractivity contribution in [3.63, 3.8) is 0 Å². The van der Waals surface area contributed by atoms with Gasteiger partial charge in [0, 0.05) is 32.2 Å². The summed E-state index contributed by atoms with van der Waals surface area (Å²) in [6, 6.07) is 0.984. The van der Waals surface area contributed by atoms with E-state index in [2.05, 4.69) is 31.3 Å². The lowest BCUT2D eigenvalue weighted by Gasteiger charge is -2.35. The van der Waals surface area contributed by atoms with Gasteiger partial charge < -0.3 is 10.1 Å². The number of nitrogens with one attached hydrogen (secondary N) is 1. The second kappa shape index (κ2) is 5.54. The smallest absolute Gasteiger partial charge is 0.270 e. The molecule has 0 unspecified atom stereocenters. The zero-order chi connectivity index (χ0) is 15.9. The van der Waals surface area contributed by atoms with E-state index in [0.717, 1.165) is 0 Å². The largest absolute Gasteiger partial charge is 0.378 e. The van der Waals surface area contributed by atoms with Crippen molar-refractivity contribution in [1.82, 2.24) is 19.9 Å². The number of nitrogens with zero attached hydrogens (tertiary/aromatic N) is 3. The van der Waals surface area contributed by atoms with Gasteiger partial charge in [-0.05, 0) is 22.0 Å². The van der Waals surface area contributed by atoms with Gasteiger partial charge in [0.25, 0.3) is 11.8 Å². The summed E-state index contributed by atoms with van der Waals surface area (Å²) in [5.74, 6) is -3.13. The quantitative estimate of drug-likeness (QED) is 0.890. The summed E-state index contributed by atoms with van der Waals surface area (Å²) in [6.07, 6.45) is 0.817. The van der Waals surface area contributed by atoms with Crippen LogP contribution in [0.25, 0.3) is 5.65 Å². The van der Waals surface area contributed by atoms with Gasteiger partial charge in [0.05, 0.1) is 11.1 Å². The molecule has 0 saturated heterocycles. The molecule has 0 radical (unpaired) electrons. The molecular formula is C13H13BrF2N4O2. The fraction of sp³-hybridized carbons (Fsp3) is 0.462. The van der Waals surface area contributed by atoms with Crippen molar-refractivity contribution in [2.75, 3.05) is 7.11 Å². The van der Waals surface area contributed by atoms with Crippen LogP contribution in [0.5, 0.6) is 0 Å². The Kier molecular flexibility index (Phi) is 3.85. The highest BCUT2D eigenvalue weighted by Gasteiger charge is 2.46. The third kappa shape index (κ3) is 2.70. The first-order chi connectivity index (χ1) is 10.4. The molecule has 2 aromatic rings. The maximum atomic E-state index is 12.8. The van der Waals surface area contributed by atoms with E-state index < -0.39 is 17.9 Å². The lowest BCUT2D eigenvalue weighted by molar-refractivity contribution is -0.0901. The molecular weight excluding hydrogens is 362 g/mol. The van der Waals surface area contributed by atoms with Crippen molar-refractivity contribution in [3.8, 4) is 0 Å². The summed E-state index contributed by atoms with van der Waals surface area (Å²) in [6.45, 7) is 0.264. The van der Waals surface area contributed by atoms with Crippen LogP contribution in [0.2, 0.25) is 0 Å². The number of halogens is 3. The number of methoxy groups -OCH3 is 1. The monoisotopic (exact) mass is 374 g/mol. The number of rotatable bonds is 4. The molecule has 1 saturated carbocycles. The average molecular weight is 375 g/mol. The number of carbonyl (C=O) groups excluding carboxylic acids is 1. The van der Waals surface area contributed by atoms with Gasteiger partial charge in [-0.1, -0.05) is 0 Å². The Bertz CT molecular complexity index is 726. The summed E-state index contributed by atoms with van der Waals surface area (Å²) >= 11 is 3.37. The fourth-order valence-corrected chi connectivity index (χ4v) is 2.85. The van der Waals surface area contributed by atoms with Crippen LogP contribution in [-0.2, 0) is 11.3 Å². The summed E-state index contributed by atoms with van der Waals surface area (Å²) in [5, 5.41) is 6.86. The van der Waals surface area contributed by atoms with E-state index in [9.17, 15) is 13.6 Å². The molecule has 1 aliphatic carbocycles. The normalized spacial score (nSPS) is 17.5. The molecule has 2 aromatic heterocycles. The first-order valence-corrected chi connectivity index (χ1v) is 7.40. The molecule has 6 nitrogen and oxygen atoms in total. The topological polar surface area (TPSA) is 68.5 Å². The lowest BCUT2D eigenvalue weighted by Crippen LogP contribution is -2.50. The zero-order valence-electron chi connectivity index (χ0n) is 11.6. The molecule has 9 heteroatoms. The first-order valence-electron chi connectivity index (χ1n) is 6.61. The van der Waals surface area contributed by atoms with E-state index in [1.807, 2.05) is 0 Å². The van der Waals surface area contributed by atoms with Gasteiger partial charge in [-0.3, -0.25) is 4.79 Å². The Morgan fingerprint density at radius 2 is 2.32 bits per heavy atom. The standard InChI is InChI=1S/C13H13BrF2N4O2/c1-22-6-8-10(14)11-17-3-2-9(20(11)19-8)12(21)18-7-4-13(15,16)5-7/h2-3,7H,4-6H2,1H3,(H,18,21). The lowest BCUT2D eigenvalue weighted by atomic mass is 9.88. The van der Waals surface area contributed by atoms with Gasteiger partial charge in [0.1, 0.15) is 11.4 Å². The maximum Gasteiger partial charge on any atom is 0.270 e. The summed E-state index contributed by atoms with van der Waals surface area (Å²) in [5.41, 5.74) is 1.31. The van der Waals surface area contributed by atoms with E-state index >= 15 is 0 Å². The Morgan fingerprint density at radius 1 is 1.59 bits per heavy atom. The Hall–Kier alpha value is -1.61. The highest BCUT2D eigenvalue weighted by atomic mass is 79.9. The predicted octanol–water partition coefficient (Wildman–Crippen LogP) is 2.17. The molecule has 1 aliphatic rings. The van der Waals surface area contributed by atoms with E-state index in [-0.39, 0.29) is 25.1 Å². The third-order valence-corrected chi connectivity index (χ3v) is 4.28. The molecule has 0 spiro atoms. The van der Waals surface area contributed by atoms with Gasteiger partial charge >= 0.3 is 0 Å². The first kappa shape index (κ1) is 15.3. The van der Waals surface area contributed by atoms with Crippen LogP contribution in [0, 0.1) is 0 Å². The fourth-order valence-electron chi connectivity index (χ4n) is 2.39. The minimum atomic E-state index is -2.67. The Morgan fingerprint density at radius 3 is 2.95 bits per heavy atom. The Balaban J connectivity index is 1.87. The number of fused-ring (bicyclic) bond motifs is 1. The van der Waals surface area contributed by atoms with Crippen molar-refractivity contribution in [3.05, 3.63) is 28.1 Å². The maximum absolute atomic E-state index is 12.8. The van der Waals surface area contributed by atoms with Crippen LogP contribution in [0.3, 0.4) is 0 Å². The molecule has 1 fully saturated rings. The van der Waals surface area contributed by atoms with Crippen molar-refractivity contribution in [2.24, 2.45) is 0 Å².